The molecule has 1 atom stereocenters. The molecule has 0 saturated heterocycles. The summed E-state index contributed by atoms with van der Waals surface area (Å²) in [6.45, 7) is 1.51. The molecule has 2 aromatic rings. The maximum atomic E-state index is 12.5. The number of nitrogens with one attached hydrogen (secondary N) is 2. The van der Waals surface area contributed by atoms with Crippen molar-refractivity contribution < 1.29 is 19.1 Å². The van der Waals surface area contributed by atoms with Crippen LogP contribution in [0.25, 0.3) is 0 Å². The van der Waals surface area contributed by atoms with Crippen LogP contribution in [0.5, 0.6) is 0 Å². The quantitative estimate of drug-likeness (QED) is 0.737. The minimum absolute atomic E-state index is 0.130. The molecule has 2 amide bonds. The van der Waals surface area contributed by atoms with Gasteiger partial charge in [-0.05, 0) is 49.4 Å². The van der Waals surface area contributed by atoms with Crippen molar-refractivity contribution in [3.8, 4) is 0 Å². The molecule has 0 radical (unpaired) electrons. The molecule has 136 valence electrons. The van der Waals surface area contributed by atoms with Crippen molar-refractivity contribution in [3.63, 3.8) is 0 Å². The summed E-state index contributed by atoms with van der Waals surface area (Å²) in [5, 5.41) is 7.59. The second-order valence-corrected chi connectivity index (χ2v) is 7.34. The van der Waals surface area contributed by atoms with Gasteiger partial charge in [-0.1, -0.05) is 17.7 Å². The highest BCUT2D eigenvalue weighted by molar-refractivity contribution is 7.12. The maximum absolute atomic E-state index is 12.5. The summed E-state index contributed by atoms with van der Waals surface area (Å²) in [6, 6.07) is 8.06. The van der Waals surface area contributed by atoms with E-state index >= 15 is 0 Å². The average molecular weight is 393 g/mol. The van der Waals surface area contributed by atoms with E-state index in [1.165, 1.54) is 36.5 Å². The molecule has 0 aliphatic heterocycles. The van der Waals surface area contributed by atoms with Gasteiger partial charge in [-0.2, -0.15) is 0 Å². The molecule has 1 aromatic heterocycles. The molecule has 0 spiro atoms. The zero-order valence-corrected chi connectivity index (χ0v) is 15.5. The molecular formula is C18H17ClN2O4S. The van der Waals surface area contributed by atoms with E-state index in [2.05, 4.69) is 10.6 Å². The third-order valence-electron chi connectivity index (χ3n) is 3.77. The van der Waals surface area contributed by atoms with Crippen LogP contribution >= 0.6 is 22.9 Å². The minimum Gasteiger partial charge on any atom is -0.449 e. The van der Waals surface area contributed by atoms with E-state index in [1.54, 1.807) is 17.5 Å². The number of amides is 2. The Morgan fingerprint density at radius 1 is 1.27 bits per heavy atom. The van der Waals surface area contributed by atoms with Gasteiger partial charge < -0.3 is 15.4 Å². The summed E-state index contributed by atoms with van der Waals surface area (Å²) >= 11 is 7.27. The highest BCUT2D eigenvalue weighted by atomic mass is 35.5. The SMILES string of the molecule is C[C@@H](OC(=O)c1ccc(Cl)cc1NC(=O)c1cccs1)C(=O)NC1CC1. The molecule has 2 N–H and O–H groups in total. The third-order valence-corrected chi connectivity index (χ3v) is 4.88. The van der Waals surface area contributed by atoms with Crippen LogP contribution in [0.15, 0.2) is 35.7 Å². The van der Waals surface area contributed by atoms with Crippen molar-refractivity contribution >= 4 is 46.4 Å². The number of hydrogen-bond acceptors (Lipinski definition) is 5. The fourth-order valence-corrected chi connectivity index (χ4v) is 3.00. The van der Waals surface area contributed by atoms with Gasteiger partial charge in [-0.25, -0.2) is 4.79 Å². The van der Waals surface area contributed by atoms with Crippen molar-refractivity contribution in [1.29, 1.82) is 0 Å². The van der Waals surface area contributed by atoms with Gasteiger partial charge in [0.1, 0.15) is 0 Å². The summed E-state index contributed by atoms with van der Waals surface area (Å²) in [6.07, 6.45) is 0.963. The van der Waals surface area contributed by atoms with E-state index in [1.807, 2.05) is 0 Å². The standard InChI is InChI=1S/C18H17ClN2O4S/c1-10(16(22)20-12-5-6-12)25-18(24)13-7-4-11(19)9-14(13)21-17(23)15-3-2-8-26-15/h2-4,7-10,12H,5-6H2,1H3,(H,20,22)(H,21,23)/t10-/m1/s1. The maximum Gasteiger partial charge on any atom is 0.341 e. The van der Waals surface area contributed by atoms with Crippen molar-refractivity contribution in [2.75, 3.05) is 5.32 Å². The Bertz CT molecular complexity index is 834. The number of esters is 1. The largest absolute Gasteiger partial charge is 0.449 e. The molecule has 1 aliphatic carbocycles. The smallest absolute Gasteiger partial charge is 0.341 e. The molecule has 8 heteroatoms. The summed E-state index contributed by atoms with van der Waals surface area (Å²) < 4.78 is 5.24. The molecular weight excluding hydrogens is 376 g/mol. The first-order valence-electron chi connectivity index (χ1n) is 8.10. The number of ether oxygens (including phenoxy) is 1. The Balaban J connectivity index is 1.72. The van der Waals surface area contributed by atoms with Crippen molar-refractivity contribution in [3.05, 3.63) is 51.2 Å². The zero-order chi connectivity index (χ0) is 18.7. The number of halogens is 1. The number of carbonyl (C=O) groups excluding carboxylic acids is 3. The highest BCUT2D eigenvalue weighted by Crippen LogP contribution is 2.24. The van der Waals surface area contributed by atoms with Crippen LogP contribution in [-0.4, -0.2) is 29.9 Å². The van der Waals surface area contributed by atoms with Crippen LogP contribution < -0.4 is 10.6 Å². The van der Waals surface area contributed by atoms with Crippen LogP contribution in [0, 0.1) is 0 Å². The number of benzene rings is 1. The van der Waals surface area contributed by atoms with Gasteiger partial charge >= 0.3 is 5.97 Å². The molecule has 1 heterocycles. The number of rotatable bonds is 6. The Morgan fingerprint density at radius 3 is 2.69 bits per heavy atom. The van der Waals surface area contributed by atoms with Gasteiger partial charge in [0.2, 0.25) is 0 Å². The number of anilines is 1. The number of thiophene rings is 1. The van der Waals surface area contributed by atoms with Crippen LogP contribution in [0.4, 0.5) is 5.69 Å². The molecule has 1 saturated carbocycles. The summed E-state index contributed by atoms with van der Waals surface area (Å²) in [5.74, 6) is -1.39. The molecule has 0 bridgehead atoms. The first kappa shape index (κ1) is 18.4. The van der Waals surface area contributed by atoms with Gasteiger partial charge in [0.15, 0.2) is 6.10 Å². The van der Waals surface area contributed by atoms with Crippen LogP contribution in [0.3, 0.4) is 0 Å². The lowest BCUT2D eigenvalue weighted by Crippen LogP contribution is -2.37. The van der Waals surface area contributed by atoms with Gasteiger partial charge in [0, 0.05) is 11.1 Å². The number of hydrogen-bond donors (Lipinski definition) is 2. The first-order valence-corrected chi connectivity index (χ1v) is 9.35. The average Bonchev–Trinajstić information content (AvgIpc) is 3.23. The van der Waals surface area contributed by atoms with Crippen LogP contribution in [0.2, 0.25) is 5.02 Å². The van der Waals surface area contributed by atoms with Gasteiger partial charge in [-0.3, -0.25) is 9.59 Å². The van der Waals surface area contributed by atoms with Crippen molar-refractivity contribution in [2.45, 2.75) is 31.9 Å². The van der Waals surface area contributed by atoms with E-state index in [0.29, 0.717) is 9.90 Å². The zero-order valence-electron chi connectivity index (χ0n) is 14.0. The molecule has 1 aromatic carbocycles. The van der Waals surface area contributed by atoms with Gasteiger partial charge in [0.25, 0.3) is 11.8 Å². The van der Waals surface area contributed by atoms with Crippen LogP contribution in [0.1, 0.15) is 39.8 Å². The summed E-state index contributed by atoms with van der Waals surface area (Å²) in [7, 11) is 0. The van der Waals surface area contributed by atoms with E-state index < -0.39 is 12.1 Å². The fraction of sp³-hybridized carbons (Fsp3) is 0.278. The van der Waals surface area contributed by atoms with Crippen molar-refractivity contribution in [1.82, 2.24) is 5.32 Å². The lowest BCUT2D eigenvalue weighted by atomic mass is 10.1. The number of carbonyl (C=O) groups is 3. The molecule has 3 rings (SSSR count). The predicted octanol–water partition coefficient (Wildman–Crippen LogP) is 3.48. The lowest BCUT2D eigenvalue weighted by Gasteiger charge is -2.15. The Morgan fingerprint density at radius 2 is 2.04 bits per heavy atom. The molecule has 0 unspecified atom stereocenters. The highest BCUT2D eigenvalue weighted by Gasteiger charge is 2.28. The summed E-state index contributed by atoms with van der Waals surface area (Å²) in [4.78, 5) is 37.2. The minimum atomic E-state index is -0.931. The van der Waals surface area contributed by atoms with Crippen molar-refractivity contribution in [2.24, 2.45) is 0 Å². The van der Waals surface area contributed by atoms with Gasteiger partial charge in [0.05, 0.1) is 16.1 Å². The lowest BCUT2D eigenvalue weighted by molar-refractivity contribution is -0.129. The monoisotopic (exact) mass is 392 g/mol. The normalized spacial score (nSPS) is 14.4. The predicted molar refractivity (Wildman–Crippen MR) is 99.8 cm³/mol. The topological polar surface area (TPSA) is 84.5 Å². The molecule has 6 nitrogen and oxygen atoms in total. The van der Waals surface area contributed by atoms with Gasteiger partial charge in [-0.15, -0.1) is 11.3 Å². The van der Waals surface area contributed by atoms with Crippen LogP contribution in [-0.2, 0) is 9.53 Å². The summed E-state index contributed by atoms with van der Waals surface area (Å²) in [5.41, 5.74) is 0.362. The second-order valence-electron chi connectivity index (χ2n) is 5.95. The Kier molecular flexibility index (Phi) is 5.58. The second kappa shape index (κ2) is 7.88. The first-order chi connectivity index (χ1) is 12.4. The third kappa shape index (κ3) is 4.62. The van der Waals surface area contributed by atoms with E-state index in [-0.39, 0.29) is 29.1 Å². The Hall–Kier alpha value is -2.38. The fourth-order valence-electron chi connectivity index (χ4n) is 2.21. The molecule has 1 fully saturated rings. The van der Waals surface area contributed by atoms with E-state index in [9.17, 15) is 14.4 Å². The molecule has 1 aliphatic rings. The van der Waals surface area contributed by atoms with E-state index in [0.717, 1.165) is 12.8 Å². The Labute approximate surface area is 159 Å². The van der Waals surface area contributed by atoms with E-state index in [4.69, 9.17) is 16.3 Å². The molecule has 26 heavy (non-hydrogen) atoms.